The first-order valence-corrected chi connectivity index (χ1v) is 7.08. The largest absolute Gasteiger partial charge is 0.394 e. The Bertz CT molecular complexity index is 380. The minimum Gasteiger partial charge on any atom is -0.394 e. The molecule has 11 nitrogen and oxygen atoms in total. The molecular formula is C12H22O11. The topological polar surface area (TPSA) is 190 Å². The van der Waals surface area contributed by atoms with Gasteiger partial charge in [-0.3, -0.25) is 0 Å². The van der Waals surface area contributed by atoms with E-state index in [1.807, 2.05) is 0 Å². The Labute approximate surface area is 130 Å². The van der Waals surface area contributed by atoms with E-state index in [-0.39, 0.29) is 0 Å². The van der Waals surface area contributed by atoms with Crippen LogP contribution < -0.4 is 0 Å². The molecule has 0 spiro atoms. The molecule has 0 saturated carbocycles. The Morgan fingerprint density at radius 2 is 1.17 bits per heavy atom. The van der Waals surface area contributed by atoms with Gasteiger partial charge in [0, 0.05) is 0 Å². The molecule has 2 fully saturated rings. The maximum Gasteiger partial charge on any atom is 0.187 e. The van der Waals surface area contributed by atoms with Crippen LogP contribution in [-0.4, -0.2) is 115 Å². The Morgan fingerprint density at radius 1 is 0.652 bits per heavy atom. The van der Waals surface area contributed by atoms with Gasteiger partial charge in [-0.1, -0.05) is 0 Å². The fourth-order valence-corrected chi connectivity index (χ4v) is 2.55. The molecule has 0 aromatic rings. The third-order valence-corrected chi connectivity index (χ3v) is 3.98. The third kappa shape index (κ3) is 3.65. The molecule has 2 aliphatic rings. The predicted octanol–water partition coefficient (Wildman–Crippen LogP) is -5.40. The number of hydrogen-bond acceptors (Lipinski definition) is 11. The molecule has 2 rings (SSSR count). The molecule has 2 aliphatic heterocycles. The summed E-state index contributed by atoms with van der Waals surface area (Å²) < 4.78 is 15.1. The van der Waals surface area contributed by atoms with Gasteiger partial charge in [-0.2, -0.15) is 0 Å². The number of aliphatic hydroxyl groups excluding tert-OH is 8. The van der Waals surface area contributed by atoms with Gasteiger partial charge in [0.2, 0.25) is 0 Å². The van der Waals surface area contributed by atoms with E-state index in [0.717, 1.165) is 0 Å². The molecule has 0 radical (unpaired) electrons. The lowest BCUT2D eigenvalue weighted by molar-refractivity contribution is -0.361. The van der Waals surface area contributed by atoms with E-state index in [0.29, 0.717) is 0 Å². The summed E-state index contributed by atoms with van der Waals surface area (Å²) in [6.07, 6.45) is -15.6. The molecule has 23 heavy (non-hydrogen) atoms. The standard InChI is InChI=1S/C12H22O11/c13-1-3-6(16)8(18)10(11(20)21-3)23-12-9(19)7(17)5(15)4(2-14)22-12/h3-20H,1-2H2/t3-,4-,5-,6+,7+,8-,9+,10-,11+,12-/m0/s1. The van der Waals surface area contributed by atoms with Crippen LogP contribution in [-0.2, 0) is 14.2 Å². The highest BCUT2D eigenvalue weighted by molar-refractivity contribution is 4.93. The molecule has 8 N–H and O–H groups in total. The van der Waals surface area contributed by atoms with E-state index in [1.54, 1.807) is 0 Å². The van der Waals surface area contributed by atoms with Crippen LogP contribution >= 0.6 is 0 Å². The summed E-state index contributed by atoms with van der Waals surface area (Å²) in [5, 5.41) is 76.7. The first kappa shape index (κ1) is 18.9. The quantitative estimate of drug-likeness (QED) is 0.243. The van der Waals surface area contributed by atoms with Crippen LogP contribution in [0.1, 0.15) is 0 Å². The van der Waals surface area contributed by atoms with Crippen LogP contribution in [0.5, 0.6) is 0 Å². The average Bonchev–Trinajstić information content (AvgIpc) is 2.54. The van der Waals surface area contributed by atoms with Crippen molar-refractivity contribution >= 4 is 0 Å². The Morgan fingerprint density at radius 3 is 1.74 bits per heavy atom. The summed E-state index contributed by atoms with van der Waals surface area (Å²) in [6, 6.07) is 0. The van der Waals surface area contributed by atoms with Crippen LogP contribution in [0, 0.1) is 0 Å². The number of hydrogen-bond donors (Lipinski definition) is 8. The summed E-state index contributed by atoms with van der Waals surface area (Å²) in [7, 11) is 0. The number of ether oxygens (including phenoxy) is 3. The van der Waals surface area contributed by atoms with Crippen LogP contribution in [0.3, 0.4) is 0 Å². The summed E-state index contributed by atoms with van der Waals surface area (Å²) >= 11 is 0. The normalized spacial score (nSPS) is 51.7. The lowest BCUT2D eigenvalue weighted by Crippen LogP contribution is -2.64. The maximum atomic E-state index is 9.94. The van der Waals surface area contributed by atoms with E-state index in [4.69, 9.17) is 24.4 Å². The lowest BCUT2D eigenvalue weighted by atomic mass is 9.97. The van der Waals surface area contributed by atoms with E-state index in [9.17, 15) is 30.6 Å². The zero-order chi connectivity index (χ0) is 17.3. The van der Waals surface area contributed by atoms with Gasteiger partial charge in [0.25, 0.3) is 0 Å². The minimum absolute atomic E-state index is 0.651. The van der Waals surface area contributed by atoms with Crippen molar-refractivity contribution in [2.75, 3.05) is 13.2 Å². The highest BCUT2D eigenvalue weighted by Gasteiger charge is 2.50. The van der Waals surface area contributed by atoms with Crippen molar-refractivity contribution in [1.29, 1.82) is 0 Å². The number of aliphatic hydroxyl groups is 8. The summed E-state index contributed by atoms with van der Waals surface area (Å²) in [6.45, 7) is -1.33. The summed E-state index contributed by atoms with van der Waals surface area (Å²) in [4.78, 5) is 0. The lowest BCUT2D eigenvalue weighted by Gasteiger charge is -2.44. The molecule has 2 heterocycles. The van der Waals surface area contributed by atoms with Crippen molar-refractivity contribution in [3.8, 4) is 0 Å². The molecule has 136 valence electrons. The monoisotopic (exact) mass is 342 g/mol. The smallest absolute Gasteiger partial charge is 0.187 e. The van der Waals surface area contributed by atoms with E-state index >= 15 is 0 Å². The Balaban J connectivity index is 2.08. The average molecular weight is 342 g/mol. The first-order valence-electron chi connectivity index (χ1n) is 7.08. The SMILES string of the molecule is OC[C@@H]1O[C@@H](O[C@H]2[C@@H](O)[C@H](O)[C@H](CO)O[C@H]2O)[C@H](O)[C@H](O)[C@H]1O. The molecule has 0 unspecified atom stereocenters. The van der Waals surface area contributed by atoms with E-state index < -0.39 is 74.6 Å². The molecular weight excluding hydrogens is 320 g/mol. The summed E-state index contributed by atoms with van der Waals surface area (Å²) in [5.41, 5.74) is 0. The fraction of sp³-hybridized carbons (Fsp3) is 1.00. The van der Waals surface area contributed by atoms with Gasteiger partial charge >= 0.3 is 0 Å². The fourth-order valence-electron chi connectivity index (χ4n) is 2.55. The highest BCUT2D eigenvalue weighted by Crippen LogP contribution is 2.28. The van der Waals surface area contributed by atoms with Gasteiger partial charge in [0.05, 0.1) is 13.2 Å². The molecule has 2 saturated heterocycles. The van der Waals surface area contributed by atoms with Crippen LogP contribution in [0.15, 0.2) is 0 Å². The molecule has 0 bridgehead atoms. The van der Waals surface area contributed by atoms with Crippen molar-refractivity contribution in [3.63, 3.8) is 0 Å². The van der Waals surface area contributed by atoms with Crippen molar-refractivity contribution in [3.05, 3.63) is 0 Å². The van der Waals surface area contributed by atoms with Gasteiger partial charge < -0.3 is 55.1 Å². The number of rotatable bonds is 4. The van der Waals surface area contributed by atoms with Gasteiger partial charge in [0.15, 0.2) is 12.6 Å². The van der Waals surface area contributed by atoms with Crippen LogP contribution in [0.4, 0.5) is 0 Å². The zero-order valence-corrected chi connectivity index (χ0v) is 12.0. The van der Waals surface area contributed by atoms with Crippen LogP contribution in [0.2, 0.25) is 0 Å². The van der Waals surface area contributed by atoms with Gasteiger partial charge in [-0.25, -0.2) is 0 Å². The Kier molecular flexibility index (Phi) is 6.27. The second-order valence-electron chi connectivity index (χ2n) is 5.53. The van der Waals surface area contributed by atoms with Crippen molar-refractivity contribution in [1.82, 2.24) is 0 Å². The third-order valence-electron chi connectivity index (χ3n) is 3.98. The summed E-state index contributed by atoms with van der Waals surface area (Å²) in [5.74, 6) is 0. The van der Waals surface area contributed by atoms with Crippen molar-refractivity contribution in [2.24, 2.45) is 0 Å². The minimum atomic E-state index is -1.75. The molecule has 10 atom stereocenters. The zero-order valence-electron chi connectivity index (χ0n) is 12.0. The predicted molar refractivity (Wildman–Crippen MR) is 68.6 cm³/mol. The molecule has 11 heteroatoms. The highest BCUT2D eigenvalue weighted by atomic mass is 16.7. The second-order valence-corrected chi connectivity index (χ2v) is 5.53. The molecule has 0 aromatic heterocycles. The second kappa shape index (κ2) is 7.63. The van der Waals surface area contributed by atoms with E-state index in [2.05, 4.69) is 0 Å². The molecule has 0 aromatic carbocycles. The van der Waals surface area contributed by atoms with Gasteiger partial charge in [-0.05, 0) is 0 Å². The van der Waals surface area contributed by atoms with E-state index in [1.165, 1.54) is 0 Å². The first-order chi connectivity index (χ1) is 10.8. The van der Waals surface area contributed by atoms with Crippen LogP contribution in [0.25, 0.3) is 0 Å². The van der Waals surface area contributed by atoms with Crippen molar-refractivity contribution in [2.45, 2.75) is 61.4 Å². The van der Waals surface area contributed by atoms with Gasteiger partial charge in [0.1, 0.15) is 48.8 Å². The molecule has 0 amide bonds. The Hall–Kier alpha value is -0.440. The molecule has 0 aliphatic carbocycles. The van der Waals surface area contributed by atoms with Crippen molar-refractivity contribution < 1.29 is 55.1 Å². The van der Waals surface area contributed by atoms with Gasteiger partial charge in [-0.15, -0.1) is 0 Å². The maximum absolute atomic E-state index is 9.94.